The Balaban J connectivity index is 2.05. The number of pyridine rings is 2. The number of aliphatic hydroxyl groups excluding tert-OH is 2. The van der Waals surface area contributed by atoms with Gasteiger partial charge in [0.1, 0.15) is 5.82 Å². The Morgan fingerprint density at radius 1 is 1.12 bits per heavy atom. The summed E-state index contributed by atoms with van der Waals surface area (Å²) < 4.78 is 0. The molecular formula is C17H23N5O4. The number of rotatable bonds is 7. The zero-order valence-electron chi connectivity index (χ0n) is 14.5. The maximum Gasteiger partial charge on any atom is 0.312 e. The van der Waals surface area contributed by atoms with Gasteiger partial charge in [-0.2, -0.15) is 0 Å². The third-order valence-corrected chi connectivity index (χ3v) is 4.54. The highest BCUT2D eigenvalue weighted by atomic mass is 16.6. The van der Waals surface area contributed by atoms with E-state index in [2.05, 4.69) is 14.9 Å². The van der Waals surface area contributed by atoms with Gasteiger partial charge >= 0.3 is 5.69 Å². The third kappa shape index (κ3) is 3.83. The molecule has 0 bridgehead atoms. The topological polar surface area (TPSA) is 116 Å². The van der Waals surface area contributed by atoms with E-state index in [0.717, 1.165) is 31.7 Å². The van der Waals surface area contributed by atoms with Crippen LogP contribution >= 0.6 is 0 Å². The molecule has 0 spiro atoms. The Labute approximate surface area is 151 Å². The van der Waals surface area contributed by atoms with Gasteiger partial charge in [-0.1, -0.05) is 0 Å². The van der Waals surface area contributed by atoms with E-state index in [1.807, 2.05) is 6.07 Å². The number of anilines is 2. The molecule has 0 radical (unpaired) electrons. The molecule has 9 heteroatoms. The Morgan fingerprint density at radius 2 is 1.81 bits per heavy atom. The van der Waals surface area contributed by atoms with Gasteiger partial charge in [0.15, 0.2) is 5.65 Å². The van der Waals surface area contributed by atoms with E-state index < -0.39 is 4.92 Å². The van der Waals surface area contributed by atoms with Crippen LogP contribution in [0.4, 0.5) is 17.3 Å². The van der Waals surface area contributed by atoms with E-state index in [1.54, 1.807) is 6.07 Å². The van der Waals surface area contributed by atoms with Crippen molar-refractivity contribution in [3.05, 3.63) is 28.3 Å². The summed E-state index contributed by atoms with van der Waals surface area (Å²) in [6.07, 6.45) is 3.47. The van der Waals surface area contributed by atoms with Crippen LogP contribution in [0.15, 0.2) is 18.2 Å². The second-order valence-electron chi connectivity index (χ2n) is 6.29. The van der Waals surface area contributed by atoms with Gasteiger partial charge in [0, 0.05) is 37.6 Å². The van der Waals surface area contributed by atoms with E-state index in [4.69, 9.17) is 0 Å². The fourth-order valence-electron chi connectivity index (χ4n) is 3.25. The van der Waals surface area contributed by atoms with Crippen LogP contribution in [0.2, 0.25) is 0 Å². The minimum Gasteiger partial charge on any atom is -0.395 e. The maximum atomic E-state index is 11.5. The lowest BCUT2D eigenvalue weighted by molar-refractivity contribution is -0.384. The van der Waals surface area contributed by atoms with Crippen LogP contribution in [-0.4, -0.2) is 64.5 Å². The SMILES string of the molecule is O=[N+]([O-])c1cc2ccc(N3CCCCC3)nc2nc1N(CCO)CCO. The van der Waals surface area contributed by atoms with Gasteiger partial charge in [-0.05, 0) is 31.4 Å². The van der Waals surface area contributed by atoms with E-state index in [9.17, 15) is 20.3 Å². The number of nitro groups is 1. The molecule has 1 aliphatic rings. The van der Waals surface area contributed by atoms with Crippen molar-refractivity contribution in [1.29, 1.82) is 0 Å². The molecule has 2 aromatic rings. The summed E-state index contributed by atoms with van der Waals surface area (Å²) in [5.41, 5.74) is 0.265. The number of aromatic nitrogens is 2. The number of aliphatic hydroxyl groups is 2. The monoisotopic (exact) mass is 361 g/mol. The molecule has 1 aliphatic heterocycles. The van der Waals surface area contributed by atoms with Gasteiger partial charge in [-0.3, -0.25) is 10.1 Å². The van der Waals surface area contributed by atoms with Gasteiger partial charge in [-0.25, -0.2) is 9.97 Å². The Morgan fingerprint density at radius 3 is 2.42 bits per heavy atom. The zero-order chi connectivity index (χ0) is 18.5. The molecule has 0 atom stereocenters. The van der Waals surface area contributed by atoms with Crippen molar-refractivity contribution in [3.8, 4) is 0 Å². The smallest absolute Gasteiger partial charge is 0.312 e. The summed E-state index contributed by atoms with van der Waals surface area (Å²) >= 11 is 0. The molecule has 0 aliphatic carbocycles. The van der Waals surface area contributed by atoms with E-state index >= 15 is 0 Å². The Hall–Kier alpha value is -2.52. The minimum atomic E-state index is -0.498. The first kappa shape index (κ1) is 18.3. The average Bonchev–Trinajstić information content (AvgIpc) is 2.67. The summed E-state index contributed by atoms with van der Waals surface area (Å²) in [5, 5.41) is 30.5. The normalized spacial score (nSPS) is 14.6. The van der Waals surface area contributed by atoms with Crippen LogP contribution in [0.5, 0.6) is 0 Å². The molecule has 0 unspecified atom stereocenters. The minimum absolute atomic E-state index is 0.119. The van der Waals surface area contributed by atoms with Gasteiger partial charge in [-0.15, -0.1) is 0 Å². The largest absolute Gasteiger partial charge is 0.395 e. The van der Waals surface area contributed by atoms with Gasteiger partial charge < -0.3 is 20.0 Å². The quantitative estimate of drug-likeness (QED) is 0.560. The van der Waals surface area contributed by atoms with Crippen molar-refractivity contribution in [2.75, 3.05) is 49.2 Å². The van der Waals surface area contributed by atoms with Crippen LogP contribution in [0, 0.1) is 10.1 Å². The predicted octanol–water partition coefficient (Wildman–Crippen LogP) is 1.32. The zero-order valence-corrected chi connectivity index (χ0v) is 14.5. The molecule has 1 fully saturated rings. The number of hydrogen-bond acceptors (Lipinski definition) is 8. The summed E-state index contributed by atoms with van der Waals surface area (Å²) in [4.78, 5) is 23.7. The number of hydrogen-bond donors (Lipinski definition) is 2. The lowest BCUT2D eigenvalue weighted by Gasteiger charge is -2.27. The lowest BCUT2D eigenvalue weighted by atomic mass is 10.1. The summed E-state index contributed by atoms with van der Waals surface area (Å²) in [7, 11) is 0. The first-order valence-corrected chi connectivity index (χ1v) is 8.82. The van der Waals surface area contributed by atoms with Crippen molar-refractivity contribution in [2.24, 2.45) is 0 Å². The summed E-state index contributed by atoms with van der Waals surface area (Å²) in [6.45, 7) is 1.78. The first-order chi connectivity index (χ1) is 12.6. The van der Waals surface area contributed by atoms with Crippen LogP contribution in [-0.2, 0) is 0 Å². The van der Waals surface area contributed by atoms with Crippen molar-refractivity contribution in [2.45, 2.75) is 19.3 Å². The molecule has 2 N–H and O–H groups in total. The number of nitrogens with zero attached hydrogens (tertiary/aromatic N) is 5. The van der Waals surface area contributed by atoms with Crippen LogP contribution < -0.4 is 9.80 Å². The standard InChI is InChI=1S/C17H23N5O4/c23-10-8-21(9-11-24)17-14(22(25)26)12-13-4-5-15(18-16(13)19-17)20-6-2-1-3-7-20/h4-5,12,23-24H,1-3,6-11H2. The highest BCUT2D eigenvalue weighted by Gasteiger charge is 2.23. The van der Waals surface area contributed by atoms with E-state index in [0.29, 0.717) is 11.0 Å². The van der Waals surface area contributed by atoms with Gasteiger partial charge in [0.25, 0.3) is 0 Å². The second-order valence-corrected chi connectivity index (χ2v) is 6.29. The summed E-state index contributed by atoms with van der Waals surface area (Å²) in [5.74, 6) is 0.939. The lowest BCUT2D eigenvalue weighted by Crippen LogP contribution is -2.31. The van der Waals surface area contributed by atoms with Crippen molar-refractivity contribution in [1.82, 2.24) is 9.97 Å². The highest BCUT2D eigenvalue weighted by Crippen LogP contribution is 2.30. The van der Waals surface area contributed by atoms with Crippen LogP contribution in [0.1, 0.15) is 19.3 Å². The molecule has 3 heterocycles. The third-order valence-electron chi connectivity index (χ3n) is 4.54. The molecule has 0 aromatic carbocycles. The molecular weight excluding hydrogens is 338 g/mol. The van der Waals surface area contributed by atoms with Crippen molar-refractivity contribution >= 4 is 28.4 Å². The fourth-order valence-corrected chi connectivity index (χ4v) is 3.25. The maximum absolute atomic E-state index is 11.5. The Kier molecular flexibility index (Phi) is 5.79. The molecule has 0 amide bonds. The number of fused-ring (bicyclic) bond motifs is 1. The first-order valence-electron chi connectivity index (χ1n) is 8.82. The molecule has 1 saturated heterocycles. The molecule has 2 aromatic heterocycles. The van der Waals surface area contributed by atoms with Crippen LogP contribution in [0.3, 0.4) is 0 Å². The van der Waals surface area contributed by atoms with Crippen molar-refractivity contribution in [3.63, 3.8) is 0 Å². The van der Waals surface area contributed by atoms with Crippen molar-refractivity contribution < 1.29 is 15.1 Å². The highest BCUT2D eigenvalue weighted by molar-refractivity contribution is 5.83. The fraction of sp³-hybridized carbons (Fsp3) is 0.529. The second kappa shape index (κ2) is 8.24. The Bertz CT molecular complexity index is 773. The molecule has 26 heavy (non-hydrogen) atoms. The average molecular weight is 361 g/mol. The molecule has 140 valence electrons. The van der Waals surface area contributed by atoms with Crippen LogP contribution in [0.25, 0.3) is 11.0 Å². The van der Waals surface area contributed by atoms with E-state index in [1.165, 1.54) is 17.4 Å². The number of piperidine rings is 1. The molecule has 3 rings (SSSR count). The summed E-state index contributed by atoms with van der Waals surface area (Å²) in [6, 6.07) is 5.13. The van der Waals surface area contributed by atoms with Gasteiger partial charge in [0.05, 0.1) is 18.1 Å². The van der Waals surface area contributed by atoms with Gasteiger partial charge in [0.2, 0.25) is 5.82 Å². The van der Waals surface area contributed by atoms with E-state index in [-0.39, 0.29) is 37.8 Å². The molecule has 9 nitrogen and oxygen atoms in total. The molecule has 0 saturated carbocycles. The predicted molar refractivity (Wildman–Crippen MR) is 98.6 cm³/mol.